The van der Waals surface area contributed by atoms with Gasteiger partial charge in [-0.15, -0.1) is 0 Å². The first-order valence-corrected chi connectivity index (χ1v) is 2.68. The highest BCUT2D eigenvalue weighted by molar-refractivity contribution is 4.81. The first-order chi connectivity index (χ1) is 4.31. The fraction of sp³-hybridized carbons (Fsp3) is 1.00. The lowest BCUT2D eigenvalue weighted by Gasteiger charge is -2.21. The fourth-order valence-electron chi connectivity index (χ4n) is 0.352. The summed E-state index contributed by atoms with van der Waals surface area (Å²) in [6.07, 6.45) is -5.79. The molecular formula is C5H8F4O. The van der Waals surface area contributed by atoms with Crippen LogP contribution in [0.25, 0.3) is 0 Å². The van der Waals surface area contributed by atoms with Gasteiger partial charge in [-0.1, -0.05) is 0 Å². The third kappa shape index (κ3) is 2.13. The van der Waals surface area contributed by atoms with Crippen molar-refractivity contribution in [1.82, 2.24) is 0 Å². The minimum Gasteiger partial charge on any atom is -0.396 e. The molecule has 62 valence electrons. The normalized spacial score (nSPS) is 18.6. The van der Waals surface area contributed by atoms with E-state index >= 15 is 0 Å². The van der Waals surface area contributed by atoms with E-state index in [1.807, 2.05) is 0 Å². The molecule has 0 rings (SSSR count). The van der Waals surface area contributed by atoms with Crippen molar-refractivity contribution in [3.05, 3.63) is 0 Å². The van der Waals surface area contributed by atoms with Crippen molar-refractivity contribution >= 4 is 0 Å². The Balaban J connectivity index is 4.10. The zero-order valence-corrected chi connectivity index (χ0v) is 5.37. The third-order valence-corrected chi connectivity index (χ3v) is 1.17. The van der Waals surface area contributed by atoms with Gasteiger partial charge in [0.2, 0.25) is 5.67 Å². The second kappa shape index (κ2) is 2.74. The summed E-state index contributed by atoms with van der Waals surface area (Å²) in [7, 11) is 0. The van der Waals surface area contributed by atoms with Crippen molar-refractivity contribution < 1.29 is 22.7 Å². The highest BCUT2D eigenvalue weighted by Gasteiger charge is 2.51. The highest BCUT2D eigenvalue weighted by Crippen LogP contribution is 2.35. The third-order valence-electron chi connectivity index (χ3n) is 1.17. The summed E-state index contributed by atoms with van der Waals surface area (Å²) in [5, 5.41) is 8.03. The van der Waals surface area contributed by atoms with E-state index < -0.39 is 24.9 Å². The van der Waals surface area contributed by atoms with Crippen LogP contribution in [0.3, 0.4) is 0 Å². The van der Waals surface area contributed by atoms with E-state index in [4.69, 9.17) is 5.11 Å². The summed E-state index contributed by atoms with van der Waals surface area (Å²) < 4.78 is 46.9. The summed E-state index contributed by atoms with van der Waals surface area (Å²) in [5.41, 5.74) is -3.26. The van der Waals surface area contributed by atoms with E-state index in [2.05, 4.69) is 0 Å². The first kappa shape index (κ1) is 9.68. The predicted molar refractivity (Wildman–Crippen MR) is 27.3 cm³/mol. The van der Waals surface area contributed by atoms with Gasteiger partial charge in [0.1, 0.15) is 0 Å². The molecule has 10 heavy (non-hydrogen) atoms. The summed E-state index contributed by atoms with van der Waals surface area (Å²) in [6, 6.07) is 0. The molecule has 0 saturated carbocycles. The number of hydrogen-bond donors (Lipinski definition) is 1. The first-order valence-electron chi connectivity index (χ1n) is 2.68. The predicted octanol–water partition coefficient (Wildman–Crippen LogP) is 1.66. The van der Waals surface area contributed by atoms with Crippen LogP contribution in [-0.4, -0.2) is 23.6 Å². The smallest absolute Gasteiger partial charge is 0.396 e. The van der Waals surface area contributed by atoms with Gasteiger partial charge in [0.25, 0.3) is 0 Å². The van der Waals surface area contributed by atoms with Crippen LogP contribution in [0.15, 0.2) is 0 Å². The number of aliphatic hydroxyl groups is 1. The fourth-order valence-corrected chi connectivity index (χ4v) is 0.352. The molecule has 1 atom stereocenters. The zero-order valence-electron chi connectivity index (χ0n) is 5.37. The molecular weight excluding hydrogens is 152 g/mol. The maximum Gasteiger partial charge on any atom is 0.422 e. The summed E-state index contributed by atoms with van der Waals surface area (Å²) in [5.74, 6) is 0. The van der Waals surface area contributed by atoms with E-state index in [0.717, 1.165) is 0 Å². The molecule has 1 nitrogen and oxygen atoms in total. The van der Waals surface area contributed by atoms with Gasteiger partial charge < -0.3 is 5.11 Å². The van der Waals surface area contributed by atoms with Crippen LogP contribution in [0.5, 0.6) is 0 Å². The molecule has 0 amide bonds. The molecule has 0 aromatic heterocycles. The summed E-state index contributed by atoms with van der Waals surface area (Å²) in [4.78, 5) is 0. The van der Waals surface area contributed by atoms with E-state index in [1.165, 1.54) is 0 Å². The van der Waals surface area contributed by atoms with Crippen LogP contribution in [0.1, 0.15) is 13.3 Å². The van der Waals surface area contributed by atoms with Crippen LogP contribution < -0.4 is 0 Å². The molecule has 0 aliphatic rings. The van der Waals surface area contributed by atoms with Gasteiger partial charge in [0.15, 0.2) is 0 Å². The van der Waals surface area contributed by atoms with Crippen molar-refractivity contribution in [3.8, 4) is 0 Å². The molecule has 0 saturated heterocycles. The summed E-state index contributed by atoms with van der Waals surface area (Å²) in [6.45, 7) is -0.393. The Kier molecular flexibility index (Phi) is 2.65. The van der Waals surface area contributed by atoms with Crippen LogP contribution in [0, 0.1) is 0 Å². The maximum atomic E-state index is 12.3. The number of aliphatic hydroxyl groups excluding tert-OH is 1. The lowest BCUT2D eigenvalue weighted by atomic mass is 10.1. The number of rotatable bonds is 2. The monoisotopic (exact) mass is 160 g/mol. The summed E-state index contributed by atoms with van der Waals surface area (Å²) >= 11 is 0. The number of halogens is 4. The number of alkyl halides is 4. The molecule has 1 unspecified atom stereocenters. The largest absolute Gasteiger partial charge is 0.422 e. The molecule has 0 spiro atoms. The molecule has 0 aromatic carbocycles. The van der Waals surface area contributed by atoms with Crippen LogP contribution in [0.4, 0.5) is 17.6 Å². The van der Waals surface area contributed by atoms with Crippen LogP contribution in [-0.2, 0) is 0 Å². The lowest BCUT2D eigenvalue weighted by molar-refractivity contribution is -0.227. The Morgan fingerprint density at radius 2 is 1.60 bits per heavy atom. The SMILES string of the molecule is CC(F)(CCO)C(F)(F)F. The Morgan fingerprint density at radius 1 is 1.20 bits per heavy atom. The molecule has 5 heteroatoms. The van der Waals surface area contributed by atoms with Crippen molar-refractivity contribution in [2.75, 3.05) is 6.61 Å². The Morgan fingerprint density at radius 3 is 1.70 bits per heavy atom. The van der Waals surface area contributed by atoms with E-state index in [0.29, 0.717) is 6.92 Å². The van der Waals surface area contributed by atoms with Gasteiger partial charge in [0.05, 0.1) is 0 Å². The van der Waals surface area contributed by atoms with Gasteiger partial charge in [0, 0.05) is 13.0 Å². The van der Waals surface area contributed by atoms with Crippen molar-refractivity contribution in [2.24, 2.45) is 0 Å². The Labute approximate surface area is 55.7 Å². The average Bonchev–Trinajstić information content (AvgIpc) is 1.61. The molecule has 0 radical (unpaired) electrons. The highest BCUT2D eigenvalue weighted by atomic mass is 19.4. The zero-order chi connectivity index (χ0) is 8.41. The van der Waals surface area contributed by atoms with Gasteiger partial charge in [-0.25, -0.2) is 4.39 Å². The van der Waals surface area contributed by atoms with Crippen molar-refractivity contribution in [1.29, 1.82) is 0 Å². The Hall–Kier alpha value is -0.320. The molecule has 0 heterocycles. The molecule has 0 aromatic rings. The van der Waals surface area contributed by atoms with E-state index in [1.54, 1.807) is 0 Å². The van der Waals surface area contributed by atoms with Gasteiger partial charge in [-0.2, -0.15) is 13.2 Å². The average molecular weight is 160 g/mol. The molecule has 0 fully saturated rings. The minimum absolute atomic E-state index is 0.406. The molecule has 0 aliphatic heterocycles. The van der Waals surface area contributed by atoms with Gasteiger partial charge >= 0.3 is 6.18 Å². The minimum atomic E-state index is -4.88. The van der Waals surface area contributed by atoms with Gasteiger partial charge in [-0.05, 0) is 6.92 Å². The number of hydrogen-bond acceptors (Lipinski definition) is 1. The van der Waals surface area contributed by atoms with Gasteiger partial charge in [-0.3, -0.25) is 0 Å². The standard InChI is InChI=1S/C5H8F4O/c1-4(6,2-3-10)5(7,8)9/h10H,2-3H2,1H3. The topological polar surface area (TPSA) is 20.2 Å². The van der Waals surface area contributed by atoms with Crippen molar-refractivity contribution in [3.63, 3.8) is 0 Å². The second-order valence-electron chi connectivity index (χ2n) is 2.17. The second-order valence-corrected chi connectivity index (χ2v) is 2.17. The van der Waals surface area contributed by atoms with Crippen LogP contribution >= 0.6 is 0 Å². The molecule has 0 bridgehead atoms. The van der Waals surface area contributed by atoms with E-state index in [-0.39, 0.29) is 0 Å². The van der Waals surface area contributed by atoms with Crippen molar-refractivity contribution in [2.45, 2.75) is 25.2 Å². The molecule has 0 aliphatic carbocycles. The quantitative estimate of drug-likeness (QED) is 0.609. The maximum absolute atomic E-state index is 12.3. The van der Waals surface area contributed by atoms with E-state index in [9.17, 15) is 17.6 Å². The van der Waals surface area contributed by atoms with Crippen LogP contribution in [0.2, 0.25) is 0 Å². The lowest BCUT2D eigenvalue weighted by Crippen LogP contribution is -2.38. The Bertz CT molecular complexity index is 107. The molecule has 1 N–H and O–H groups in total.